The molecule has 2 aromatic carbocycles. The molecule has 11 heteroatoms. The molecule has 1 fully saturated rings. The van der Waals surface area contributed by atoms with E-state index < -0.39 is 35.0 Å². The van der Waals surface area contributed by atoms with E-state index in [0.717, 1.165) is 11.3 Å². The van der Waals surface area contributed by atoms with Crippen molar-refractivity contribution in [3.63, 3.8) is 0 Å². The molecule has 2 aliphatic rings. The van der Waals surface area contributed by atoms with E-state index in [4.69, 9.17) is 33.7 Å². The standard InChI is InChI=1S/C30H32Cl2FN5O3/c1-29(2,3)12-22-30(14-36-20-11-23(32)35-13-17(20)30)24(16-6-5-7-18(31)25(16)33)26(38-22)28(40)37-19-9-8-15(27(34)39)10-21(19)41-4/h5-11,13,22,24,26,36,38H,12,14H2,1-4H3,(H2,34,39)(H,37,40). The van der Waals surface area contributed by atoms with Gasteiger partial charge in [-0.25, -0.2) is 9.37 Å². The molecule has 4 unspecified atom stereocenters. The Labute approximate surface area is 248 Å². The smallest absolute Gasteiger partial charge is 0.248 e. The topological polar surface area (TPSA) is 118 Å². The third-order valence-electron chi connectivity index (χ3n) is 7.99. The highest BCUT2D eigenvalue weighted by Gasteiger charge is 2.62. The zero-order valence-corrected chi connectivity index (χ0v) is 24.7. The number of benzene rings is 2. The Kier molecular flexibility index (Phi) is 7.65. The lowest BCUT2D eigenvalue weighted by Crippen LogP contribution is -2.46. The number of fused-ring (bicyclic) bond motifs is 2. The van der Waals surface area contributed by atoms with E-state index in [9.17, 15) is 9.59 Å². The van der Waals surface area contributed by atoms with Crippen molar-refractivity contribution in [2.75, 3.05) is 24.3 Å². The van der Waals surface area contributed by atoms with E-state index in [1.807, 2.05) is 0 Å². The Morgan fingerprint density at radius 2 is 1.98 bits per heavy atom. The van der Waals surface area contributed by atoms with E-state index in [1.54, 1.807) is 30.5 Å². The number of carbonyl (C=O) groups excluding carboxylic acids is 2. The normalized spacial score (nSPS) is 23.2. The number of rotatable bonds is 6. The van der Waals surface area contributed by atoms with Crippen LogP contribution in [0.3, 0.4) is 0 Å². The Morgan fingerprint density at radius 1 is 1.22 bits per heavy atom. The maximum Gasteiger partial charge on any atom is 0.248 e. The highest BCUT2D eigenvalue weighted by molar-refractivity contribution is 6.30. The average Bonchev–Trinajstić information content (AvgIpc) is 3.43. The lowest BCUT2D eigenvalue weighted by atomic mass is 9.63. The summed E-state index contributed by atoms with van der Waals surface area (Å²) in [6.45, 7) is 6.80. The van der Waals surface area contributed by atoms with Crippen molar-refractivity contribution in [1.82, 2.24) is 10.3 Å². The quantitative estimate of drug-likeness (QED) is 0.278. The number of nitrogens with one attached hydrogen (secondary N) is 3. The second kappa shape index (κ2) is 10.8. The summed E-state index contributed by atoms with van der Waals surface area (Å²) in [5.74, 6) is -2.01. The van der Waals surface area contributed by atoms with Crippen molar-refractivity contribution < 1.29 is 18.7 Å². The molecule has 3 heterocycles. The minimum Gasteiger partial charge on any atom is -0.495 e. The third kappa shape index (κ3) is 5.22. The first kappa shape index (κ1) is 29.1. The molecular formula is C30H32Cl2FN5O3. The first-order chi connectivity index (χ1) is 19.4. The molecule has 5 N–H and O–H groups in total. The molecular weight excluding hydrogens is 568 g/mol. The van der Waals surface area contributed by atoms with Crippen molar-refractivity contribution in [3.05, 3.63) is 81.3 Å². The molecule has 8 nitrogen and oxygen atoms in total. The minimum absolute atomic E-state index is 0.0276. The first-order valence-corrected chi connectivity index (χ1v) is 14.0. The van der Waals surface area contributed by atoms with Crippen molar-refractivity contribution in [3.8, 4) is 5.75 Å². The van der Waals surface area contributed by atoms with E-state index in [-0.39, 0.29) is 27.8 Å². The summed E-state index contributed by atoms with van der Waals surface area (Å²) in [5, 5.41) is 10.3. The monoisotopic (exact) mass is 599 g/mol. The SMILES string of the molecule is COc1cc(C(N)=O)ccc1NC(=O)C1NC(CC(C)(C)C)C2(CNc3cc(Cl)ncc32)C1c1cccc(Cl)c1F. The molecule has 0 radical (unpaired) electrons. The number of anilines is 2. The second-order valence-electron chi connectivity index (χ2n) is 11.8. The Morgan fingerprint density at radius 3 is 2.66 bits per heavy atom. The van der Waals surface area contributed by atoms with Gasteiger partial charge in [-0.15, -0.1) is 0 Å². The number of hydrogen-bond acceptors (Lipinski definition) is 6. The number of aromatic nitrogens is 1. The Balaban J connectivity index is 1.66. The van der Waals surface area contributed by atoms with Crippen molar-refractivity contribution in [1.29, 1.82) is 0 Å². The molecule has 0 bridgehead atoms. The molecule has 41 heavy (non-hydrogen) atoms. The summed E-state index contributed by atoms with van der Waals surface area (Å²) in [5.41, 5.74) is 7.07. The van der Waals surface area contributed by atoms with E-state index >= 15 is 4.39 Å². The molecule has 1 saturated heterocycles. The number of hydrogen-bond donors (Lipinski definition) is 4. The molecule has 1 spiro atoms. The van der Waals surface area contributed by atoms with Gasteiger partial charge >= 0.3 is 0 Å². The van der Waals surface area contributed by atoms with Crippen LogP contribution in [0.1, 0.15) is 54.6 Å². The predicted octanol–water partition coefficient (Wildman–Crippen LogP) is 5.50. The maximum atomic E-state index is 15.9. The van der Waals surface area contributed by atoms with Crippen LogP contribution in [0, 0.1) is 11.2 Å². The molecule has 1 aromatic heterocycles. The van der Waals surface area contributed by atoms with Crippen LogP contribution < -0.4 is 26.4 Å². The van der Waals surface area contributed by atoms with Crippen LogP contribution >= 0.6 is 23.2 Å². The van der Waals surface area contributed by atoms with Gasteiger partial charge in [0, 0.05) is 46.9 Å². The Hall–Kier alpha value is -3.40. The van der Waals surface area contributed by atoms with Gasteiger partial charge in [-0.3, -0.25) is 9.59 Å². The van der Waals surface area contributed by atoms with Crippen LogP contribution in [0.5, 0.6) is 5.75 Å². The van der Waals surface area contributed by atoms with Crippen LogP contribution in [0.25, 0.3) is 0 Å². The van der Waals surface area contributed by atoms with Gasteiger partial charge in [-0.05, 0) is 47.7 Å². The molecule has 4 atom stereocenters. The van der Waals surface area contributed by atoms with E-state index in [2.05, 4.69) is 41.7 Å². The Bertz CT molecular complexity index is 1530. The van der Waals surface area contributed by atoms with E-state index in [0.29, 0.717) is 29.4 Å². The van der Waals surface area contributed by atoms with Crippen molar-refractivity contribution >= 4 is 46.4 Å². The number of ether oxygens (including phenoxy) is 1. The van der Waals surface area contributed by atoms with Crippen LogP contribution in [-0.2, 0) is 10.2 Å². The summed E-state index contributed by atoms with van der Waals surface area (Å²) >= 11 is 12.5. The zero-order chi connectivity index (χ0) is 29.7. The van der Waals surface area contributed by atoms with Gasteiger partial charge in [-0.2, -0.15) is 0 Å². The number of nitrogens with two attached hydrogens (primary N) is 1. The molecule has 0 saturated carbocycles. The number of amides is 2. The van der Waals surface area contributed by atoms with Gasteiger partial charge in [0.05, 0.1) is 23.9 Å². The summed E-state index contributed by atoms with van der Waals surface area (Å²) < 4.78 is 21.3. The lowest BCUT2D eigenvalue weighted by Gasteiger charge is -2.39. The first-order valence-electron chi connectivity index (χ1n) is 13.2. The van der Waals surface area contributed by atoms with Gasteiger partial charge in [0.15, 0.2) is 0 Å². The highest BCUT2D eigenvalue weighted by atomic mass is 35.5. The fourth-order valence-electron chi connectivity index (χ4n) is 6.30. The van der Waals surface area contributed by atoms with Gasteiger partial charge < -0.3 is 26.4 Å². The largest absolute Gasteiger partial charge is 0.495 e. The minimum atomic E-state index is -0.876. The van der Waals surface area contributed by atoms with E-state index in [1.165, 1.54) is 25.3 Å². The molecule has 2 amide bonds. The maximum absolute atomic E-state index is 15.9. The average molecular weight is 601 g/mol. The number of halogens is 3. The number of pyridine rings is 1. The predicted molar refractivity (Wildman–Crippen MR) is 158 cm³/mol. The zero-order valence-electron chi connectivity index (χ0n) is 23.1. The summed E-state index contributed by atoms with van der Waals surface area (Å²) in [6, 6.07) is 10.0. The number of primary amides is 1. The molecule has 5 rings (SSSR count). The van der Waals surface area contributed by atoms with Crippen LogP contribution in [0.4, 0.5) is 15.8 Å². The third-order valence-corrected chi connectivity index (χ3v) is 8.49. The second-order valence-corrected chi connectivity index (χ2v) is 12.6. The molecule has 2 aliphatic heterocycles. The van der Waals surface area contributed by atoms with Crippen LogP contribution in [-0.4, -0.2) is 42.5 Å². The molecule has 0 aliphatic carbocycles. The highest BCUT2D eigenvalue weighted by Crippen LogP contribution is 2.56. The van der Waals surface area contributed by atoms with Crippen molar-refractivity contribution in [2.45, 2.75) is 50.6 Å². The molecule has 3 aromatic rings. The van der Waals surface area contributed by atoms with Crippen molar-refractivity contribution in [2.24, 2.45) is 11.1 Å². The summed E-state index contributed by atoms with van der Waals surface area (Å²) in [7, 11) is 1.43. The number of methoxy groups -OCH3 is 1. The van der Waals surface area contributed by atoms with Gasteiger partial charge in [-0.1, -0.05) is 56.1 Å². The van der Waals surface area contributed by atoms with Crippen LogP contribution in [0.2, 0.25) is 10.2 Å². The fraction of sp³-hybridized carbons (Fsp3) is 0.367. The van der Waals surface area contributed by atoms with Crippen LogP contribution in [0.15, 0.2) is 48.7 Å². The number of carbonyl (C=O) groups is 2. The summed E-state index contributed by atoms with van der Waals surface area (Å²) in [6.07, 6.45) is 2.40. The molecule has 216 valence electrons. The number of nitrogens with zero attached hydrogens (tertiary/aromatic N) is 1. The lowest BCUT2D eigenvalue weighted by molar-refractivity contribution is -0.118. The summed E-state index contributed by atoms with van der Waals surface area (Å²) in [4.78, 5) is 30.2. The fourth-order valence-corrected chi connectivity index (χ4v) is 6.64. The van der Waals surface area contributed by atoms with Gasteiger partial charge in [0.25, 0.3) is 0 Å². The van der Waals surface area contributed by atoms with Gasteiger partial charge in [0.2, 0.25) is 11.8 Å². The van der Waals surface area contributed by atoms with Gasteiger partial charge in [0.1, 0.15) is 16.7 Å².